The lowest BCUT2D eigenvalue weighted by Crippen LogP contribution is -2.17. The van der Waals surface area contributed by atoms with Crippen molar-refractivity contribution in [3.05, 3.63) is 29.3 Å². The van der Waals surface area contributed by atoms with Crippen LogP contribution in [0.15, 0.2) is 18.2 Å². The maximum absolute atomic E-state index is 12.4. The van der Waals surface area contributed by atoms with Crippen molar-refractivity contribution in [2.75, 3.05) is 7.11 Å². The Labute approximate surface area is 103 Å². The molecule has 1 aliphatic carbocycles. The molecule has 1 aliphatic rings. The second kappa shape index (κ2) is 4.91. The first-order chi connectivity index (χ1) is 8.13. The highest BCUT2D eigenvalue weighted by Gasteiger charge is 2.30. The molecular formula is C15H20O2. The number of aryl methyl sites for hydroxylation is 1. The summed E-state index contributed by atoms with van der Waals surface area (Å²) in [5, 5.41) is 0. The van der Waals surface area contributed by atoms with Crippen molar-refractivity contribution in [3.63, 3.8) is 0 Å². The third kappa shape index (κ3) is 2.36. The van der Waals surface area contributed by atoms with E-state index in [1.807, 2.05) is 25.1 Å². The molecule has 0 aliphatic heterocycles. The molecule has 17 heavy (non-hydrogen) atoms. The summed E-state index contributed by atoms with van der Waals surface area (Å²) in [5.41, 5.74) is 1.87. The van der Waals surface area contributed by atoms with Gasteiger partial charge in [-0.15, -0.1) is 0 Å². The Balaban J connectivity index is 2.22. The van der Waals surface area contributed by atoms with Gasteiger partial charge in [-0.05, 0) is 49.4 Å². The normalized spacial score (nSPS) is 23.7. The van der Waals surface area contributed by atoms with E-state index in [-0.39, 0.29) is 5.92 Å². The highest BCUT2D eigenvalue weighted by Crippen LogP contribution is 2.34. The molecule has 0 bridgehead atoms. The molecule has 2 nitrogen and oxygen atoms in total. The van der Waals surface area contributed by atoms with E-state index in [9.17, 15) is 4.79 Å². The summed E-state index contributed by atoms with van der Waals surface area (Å²) in [6.07, 6.45) is 3.42. The Morgan fingerprint density at radius 2 is 2.12 bits per heavy atom. The lowest BCUT2D eigenvalue weighted by Gasteiger charge is -2.15. The fourth-order valence-corrected chi connectivity index (χ4v) is 2.78. The van der Waals surface area contributed by atoms with E-state index in [1.165, 1.54) is 12.8 Å². The van der Waals surface area contributed by atoms with E-state index in [0.29, 0.717) is 11.7 Å². The van der Waals surface area contributed by atoms with Crippen LogP contribution in [-0.2, 0) is 0 Å². The lowest BCUT2D eigenvalue weighted by molar-refractivity contribution is 0.0897. The minimum atomic E-state index is 0.225. The maximum atomic E-state index is 12.4. The molecule has 0 aromatic heterocycles. The van der Waals surface area contributed by atoms with E-state index >= 15 is 0 Å². The molecule has 2 rings (SSSR count). The number of carbonyl (C=O) groups excluding carboxylic acids is 1. The van der Waals surface area contributed by atoms with E-state index in [1.54, 1.807) is 7.11 Å². The number of benzene rings is 1. The molecule has 1 saturated carbocycles. The van der Waals surface area contributed by atoms with Gasteiger partial charge >= 0.3 is 0 Å². The van der Waals surface area contributed by atoms with Gasteiger partial charge in [-0.25, -0.2) is 0 Å². The number of Topliss-reactive ketones (excluding diaryl/α,β-unsaturated/α-hetero) is 1. The smallest absolute Gasteiger partial charge is 0.166 e. The van der Waals surface area contributed by atoms with Gasteiger partial charge in [0.1, 0.15) is 5.75 Å². The summed E-state index contributed by atoms with van der Waals surface area (Å²) in [5.74, 6) is 1.91. The van der Waals surface area contributed by atoms with Crippen LogP contribution >= 0.6 is 0 Å². The molecular weight excluding hydrogens is 212 g/mol. The van der Waals surface area contributed by atoms with Crippen LogP contribution in [0.1, 0.15) is 42.1 Å². The Kier molecular flexibility index (Phi) is 3.51. The zero-order chi connectivity index (χ0) is 12.4. The van der Waals surface area contributed by atoms with Crippen molar-refractivity contribution in [2.45, 2.75) is 33.1 Å². The zero-order valence-corrected chi connectivity index (χ0v) is 10.8. The quantitative estimate of drug-likeness (QED) is 0.744. The Bertz CT molecular complexity index is 423. The topological polar surface area (TPSA) is 26.3 Å². The number of rotatable bonds is 3. The first kappa shape index (κ1) is 12.2. The standard InChI is InChI=1S/C15H20O2/c1-10-5-4-6-13(10)15(16)12-7-8-14(17-3)11(2)9-12/h7-10,13H,4-6H2,1-3H3. The summed E-state index contributed by atoms with van der Waals surface area (Å²) >= 11 is 0. The lowest BCUT2D eigenvalue weighted by atomic mass is 9.89. The van der Waals surface area contributed by atoms with Crippen LogP contribution in [0.25, 0.3) is 0 Å². The molecule has 2 unspecified atom stereocenters. The van der Waals surface area contributed by atoms with Crippen LogP contribution < -0.4 is 4.74 Å². The molecule has 1 aromatic rings. The number of methoxy groups -OCH3 is 1. The van der Waals surface area contributed by atoms with Crippen LogP contribution in [0.3, 0.4) is 0 Å². The Morgan fingerprint density at radius 3 is 2.65 bits per heavy atom. The van der Waals surface area contributed by atoms with E-state index in [0.717, 1.165) is 23.3 Å². The monoisotopic (exact) mass is 232 g/mol. The van der Waals surface area contributed by atoms with Crippen molar-refractivity contribution in [3.8, 4) is 5.75 Å². The van der Waals surface area contributed by atoms with E-state index in [4.69, 9.17) is 4.74 Å². The molecule has 0 N–H and O–H groups in total. The largest absolute Gasteiger partial charge is 0.496 e. The molecule has 1 aromatic carbocycles. The van der Waals surface area contributed by atoms with Gasteiger partial charge in [0.05, 0.1) is 7.11 Å². The predicted molar refractivity (Wildman–Crippen MR) is 68.6 cm³/mol. The average molecular weight is 232 g/mol. The molecule has 0 saturated heterocycles. The minimum Gasteiger partial charge on any atom is -0.496 e. The maximum Gasteiger partial charge on any atom is 0.166 e. The fraction of sp³-hybridized carbons (Fsp3) is 0.533. The second-order valence-electron chi connectivity index (χ2n) is 5.06. The fourth-order valence-electron chi connectivity index (χ4n) is 2.78. The van der Waals surface area contributed by atoms with Crippen LogP contribution in [0, 0.1) is 18.8 Å². The number of carbonyl (C=O) groups is 1. The summed E-state index contributed by atoms with van der Waals surface area (Å²) in [7, 11) is 1.66. The zero-order valence-electron chi connectivity index (χ0n) is 10.8. The summed E-state index contributed by atoms with van der Waals surface area (Å²) < 4.78 is 5.22. The first-order valence-corrected chi connectivity index (χ1v) is 6.32. The van der Waals surface area contributed by atoms with Crippen molar-refractivity contribution in [1.82, 2.24) is 0 Å². The van der Waals surface area contributed by atoms with Crippen LogP contribution in [0.4, 0.5) is 0 Å². The molecule has 0 spiro atoms. The molecule has 0 heterocycles. The molecule has 2 heteroatoms. The molecule has 2 atom stereocenters. The molecule has 0 amide bonds. The van der Waals surface area contributed by atoms with Gasteiger partial charge in [0.2, 0.25) is 0 Å². The van der Waals surface area contributed by atoms with Gasteiger partial charge in [0.15, 0.2) is 5.78 Å². The number of ketones is 1. The van der Waals surface area contributed by atoms with E-state index in [2.05, 4.69) is 6.92 Å². The van der Waals surface area contributed by atoms with Crippen molar-refractivity contribution in [1.29, 1.82) is 0 Å². The second-order valence-corrected chi connectivity index (χ2v) is 5.06. The Morgan fingerprint density at radius 1 is 1.35 bits per heavy atom. The molecule has 1 fully saturated rings. The first-order valence-electron chi connectivity index (χ1n) is 6.32. The number of hydrogen-bond acceptors (Lipinski definition) is 2. The molecule has 0 radical (unpaired) electrons. The highest BCUT2D eigenvalue weighted by molar-refractivity contribution is 5.98. The third-order valence-corrected chi connectivity index (χ3v) is 3.88. The average Bonchev–Trinajstić information content (AvgIpc) is 2.74. The number of ether oxygens (including phenoxy) is 1. The third-order valence-electron chi connectivity index (χ3n) is 3.88. The van der Waals surface area contributed by atoms with Gasteiger partial charge in [0, 0.05) is 11.5 Å². The Hall–Kier alpha value is -1.31. The van der Waals surface area contributed by atoms with Crippen LogP contribution in [0.2, 0.25) is 0 Å². The summed E-state index contributed by atoms with van der Waals surface area (Å²) in [6.45, 7) is 4.17. The van der Waals surface area contributed by atoms with Gasteiger partial charge in [0.25, 0.3) is 0 Å². The van der Waals surface area contributed by atoms with E-state index < -0.39 is 0 Å². The van der Waals surface area contributed by atoms with Gasteiger partial charge in [-0.2, -0.15) is 0 Å². The molecule has 92 valence electrons. The van der Waals surface area contributed by atoms with Crippen LogP contribution in [-0.4, -0.2) is 12.9 Å². The highest BCUT2D eigenvalue weighted by atomic mass is 16.5. The summed E-state index contributed by atoms with van der Waals surface area (Å²) in [4.78, 5) is 12.4. The minimum absolute atomic E-state index is 0.225. The summed E-state index contributed by atoms with van der Waals surface area (Å²) in [6, 6.07) is 5.73. The number of hydrogen-bond donors (Lipinski definition) is 0. The SMILES string of the molecule is COc1ccc(C(=O)C2CCCC2C)cc1C. The van der Waals surface area contributed by atoms with Crippen LogP contribution in [0.5, 0.6) is 5.75 Å². The van der Waals surface area contributed by atoms with Crippen molar-refractivity contribution >= 4 is 5.78 Å². The van der Waals surface area contributed by atoms with Gasteiger partial charge in [-0.3, -0.25) is 4.79 Å². The van der Waals surface area contributed by atoms with Gasteiger partial charge in [-0.1, -0.05) is 13.3 Å². The van der Waals surface area contributed by atoms with Gasteiger partial charge < -0.3 is 4.74 Å². The predicted octanol–water partition coefficient (Wildman–Crippen LogP) is 3.62. The van der Waals surface area contributed by atoms with Crippen molar-refractivity contribution in [2.24, 2.45) is 11.8 Å². The van der Waals surface area contributed by atoms with Crippen molar-refractivity contribution < 1.29 is 9.53 Å².